The van der Waals surface area contributed by atoms with Gasteiger partial charge >= 0.3 is 0 Å². The Balaban J connectivity index is 2.65. The summed E-state index contributed by atoms with van der Waals surface area (Å²) in [6.45, 7) is 5.58. The number of imidazole rings is 1. The zero-order chi connectivity index (χ0) is 11.9. The van der Waals surface area contributed by atoms with Crippen molar-refractivity contribution in [1.82, 2.24) is 14.4 Å². The van der Waals surface area contributed by atoms with Gasteiger partial charge in [-0.1, -0.05) is 0 Å². The van der Waals surface area contributed by atoms with Crippen LogP contribution in [0.3, 0.4) is 0 Å². The fourth-order valence-corrected chi connectivity index (χ4v) is 1.86. The Morgan fingerprint density at radius 3 is 2.69 bits per heavy atom. The quantitative estimate of drug-likeness (QED) is 0.782. The number of hydrogen-bond acceptors (Lipinski definition) is 4. The monoisotopic (exact) mass is 220 g/mol. The number of aromatic nitrogens is 3. The highest BCUT2D eigenvalue weighted by atomic mass is 16.3. The molecule has 2 unspecified atom stereocenters. The summed E-state index contributed by atoms with van der Waals surface area (Å²) in [5, 5.41) is 9.95. The fraction of sp³-hybridized carbons (Fsp3) is 0.455. The van der Waals surface area contributed by atoms with Crippen molar-refractivity contribution in [3.63, 3.8) is 0 Å². The van der Waals surface area contributed by atoms with E-state index in [-0.39, 0.29) is 6.04 Å². The lowest BCUT2D eigenvalue weighted by molar-refractivity contribution is 0.148. The molecule has 86 valence electrons. The average molecular weight is 220 g/mol. The van der Waals surface area contributed by atoms with E-state index in [1.165, 1.54) is 0 Å². The Labute approximate surface area is 93.9 Å². The molecule has 0 radical (unpaired) electrons. The van der Waals surface area contributed by atoms with E-state index < -0.39 is 6.10 Å². The predicted octanol–water partition coefficient (Wildman–Crippen LogP) is 0.727. The Morgan fingerprint density at radius 1 is 1.44 bits per heavy atom. The van der Waals surface area contributed by atoms with Crippen molar-refractivity contribution in [3.8, 4) is 0 Å². The number of rotatable bonds is 2. The summed E-state index contributed by atoms with van der Waals surface area (Å²) < 4.78 is 1.92. The first-order chi connectivity index (χ1) is 7.52. The zero-order valence-corrected chi connectivity index (χ0v) is 9.68. The SMILES string of the molecule is Cc1nccc2nc(C(O)C(C)N)c(C)n12. The highest BCUT2D eigenvalue weighted by Gasteiger charge is 2.20. The number of hydrogen-bond donors (Lipinski definition) is 2. The molecule has 0 aliphatic carbocycles. The molecule has 5 nitrogen and oxygen atoms in total. The van der Waals surface area contributed by atoms with Gasteiger partial charge < -0.3 is 10.8 Å². The molecule has 16 heavy (non-hydrogen) atoms. The van der Waals surface area contributed by atoms with Crippen molar-refractivity contribution in [2.75, 3.05) is 0 Å². The molecule has 0 amide bonds. The second-order valence-corrected chi connectivity index (χ2v) is 4.07. The Bertz CT molecular complexity index is 518. The predicted molar refractivity (Wildman–Crippen MR) is 61.1 cm³/mol. The summed E-state index contributed by atoms with van der Waals surface area (Å²) in [6, 6.07) is 1.48. The number of aryl methyl sites for hydroxylation is 2. The van der Waals surface area contributed by atoms with Gasteiger partial charge in [0.15, 0.2) is 0 Å². The minimum absolute atomic E-state index is 0.336. The number of nitrogens with zero attached hydrogens (tertiary/aromatic N) is 3. The van der Waals surface area contributed by atoms with Crippen LogP contribution in [-0.4, -0.2) is 25.5 Å². The number of aliphatic hydroxyl groups is 1. The molecule has 2 aromatic rings. The number of fused-ring (bicyclic) bond motifs is 1. The van der Waals surface area contributed by atoms with Gasteiger partial charge in [-0.15, -0.1) is 0 Å². The summed E-state index contributed by atoms with van der Waals surface area (Å²) in [5.74, 6) is 0.852. The molecule has 3 N–H and O–H groups in total. The molecule has 2 heterocycles. The molecule has 0 aliphatic rings. The van der Waals surface area contributed by atoms with Gasteiger partial charge in [0.25, 0.3) is 0 Å². The van der Waals surface area contributed by atoms with Gasteiger partial charge in [-0.2, -0.15) is 0 Å². The second-order valence-electron chi connectivity index (χ2n) is 4.07. The van der Waals surface area contributed by atoms with Crippen molar-refractivity contribution < 1.29 is 5.11 Å². The third kappa shape index (κ3) is 1.58. The summed E-state index contributed by atoms with van der Waals surface area (Å²) in [4.78, 5) is 8.58. The van der Waals surface area contributed by atoms with Crippen molar-refractivity contribution in [3.05, 3.63) is 29.5 Å². The van der Waals surface area contributed by atoms with Crippen LogP contribution in [-0.2, 0) is 0 Å². The van der Waals surface area contributed by atoms with E-state index in [9.17, 15) is 5.11 Å². The first-order valence-electron chi connectivity index (χ1n) is 5.26. The molecule has 2 rings (SSSR count). The number of nitrogens with two attached hydrogens (primary N) is 1. The molecule has 0 aliphatic heterocycles. The minimum atomic E-state index is -0.737. The smallest absolute Gasteiger partial charge is 0.140 e. The van der Waals surface area contributed by atoms with Crippen LogP contribution < -0.4 is 5.73 Å². The van der Waals surface area contributed by atoms with Gasteiger partial charge in [-0.05, 0) is 26.8 Å². The summed E-state index contributed by atoms with van der Waals surface area (Å²) in [5.41, 5.74) is 8.00. The Morgan fingerprint density at radius 2 is 2.12 bits per heavy atom. The van der Waals surface area contributed by atoms with Gasteiger partial charge in [0.05, 0.1) is 5.69 Å². The standard InChI is InChI=1S/C11H16N4O/c1-6(12)11(16)10-7(2)15-8(3)13-5-4-9(15)14-10/h4-6,11,16H,12H2,1-3H3. The van der Waals surface area contributed by atoms with Crippen LogP contribution in [0.25, 0.3) is 5.65 Å². The van der Waals surface area contributed by atoms with Crippen molar-refractivity contribution in [1.29, 1.82) is 0 Å². The van der Waals surface area contributed by atoms with Crippen LogP contribution in [0.4, 0.5) is 0 Å². The van der Waals surface area contributed by atoms with Gasteiger partial charge in [0.1, 0.15) is 17.6 Å². The molecule has 5 heteroatoms. The van der Waals surface area contributed by atoms with Gasteiger partial charge in [0, 0.05) is 17.9 Å². The topological polar surface area (TPSA) is 76.4 Å². The molecule has 0 fully saturated rings. The van der Waals surface area contributed by atoms with E-state index in [1.54, 1.807) is 13.1 Å². The Kier molecular flexibility index (Phi) is 2.65. The van der Waals surface area contributed by atoms with Crippen LogP contribution in [0.2, 0.25) is 0 Å². The van der Waals surface area contributed by atoms with E-state index in [1.807, 2.05) is 24.3 Å². The van der Waals surface area contributed by atoms with Crippen LogP contribution in [0.5, 0.6) is 0 Å². The zero-order valence-electron chi connectivity index (χ0n) is 9.68. The highest BCUT2D eigenvalue weighted by Crippen LogP contribution is 2.21. The maximum absolute atomic E-state index is 9.95. The number of aliphatic hydroxyl groups excluding tert-OH is 1. The van der Waals surface area contributed by atoms with E-state index in [2.05, 4.69) is 9.97 Å². The van der Waals surface area contributed by atoms with Crippen molar-refractivity contribution in [2.24, 2.45) is 5.73 Å². The highest BCUT2D eigenvalue weighted by molar-refractivity contribution is 5.43. The third-order valence-electron chi connectivity index (χ3n) is 2.76. The molecule has 0 bridgehead atoms. The van der Waals surface area contributed by atoms with Gasteiger partial charge in [0.2, 0.25) is 0 Å². The molecular weight excluding hydrogens is 204 g/mol. The first kappa shape index (κ1) is 11.0. The third-order valence-corrected chi connectivity index (χ3v) is 2.76. The van der Waals surface area contributed by atoms with E-state index in [0.29, 0.717) is 5.69 Å². The van der Waals surface area contributed by atoms with Crippen LogP contribution in [0.15, 0.2) is 12.3 Å². The molecule has 2 aromatic heterocycles. The molecule has 0 saturated carbocycles. The van der Waals surface area contributed by atoms with E-state index in [4.69, 9.17) is 5.73 Å². The summed E-state index contributed by atoms with van der Waals surface area (Å²) in [7, 11) is 0. The van der Waals surface area contributed by atoms with Crippen molar-refractivity contribution in [2.45, 2.75) is 32.9 Å². The van der Waals surface area contributed by atoms with Crippen LogP contribution >= 0.6 is 0 Å². The van der Waals surface area contributed by atoms with Gasteiger partial charge in [-0.3, -0.25) is 4.40 Å². The molecule has 0 spiro atoms. The first-order valence-corrected chi connectivity index (χ1v) is 5.26. The normalized spacial score (nSPS) is 15.3. The van der Waals surface area contributed by atoms with E-state index in [0.717, 1.165) is 17.2 Å². The summed E-state index contributed by atoms with van der Waals surface area (Å²) >= 11 is 0. The fourth-order valence-electron chi connectivity index (χ4n) is 1.86. The lowest BCUT2D eigenvalue weighted by Gasteiger charge is -2.12. The minimum Gasteiger partial charge on any atom is -0.385 e. The molecule has 0 saturated heterocycles. The van der Waals surface area contributed by atoms with Crippen LogP contribution in [0.1, 0.15) is 30.2 Å². The Hall–Kier alpha value is -1.46. The molecular formula is C11H16N4O. The largest absolute Gasteiger partial charge is 0.385 e. The van der Waals surface area contributed by atoms with Gasteiger partial charge in [-0.25, -0.2) is 9.97 Å². The van der Waals surface area contributed by atoms with Crippen molar-refractivity contribution >= 4 is 5.65 Å². The summed E-state index contributed by atoms with van der Waals surface area (Å²) in [6.07, 6.45) is 0.971. The van der Waals surface area contributed by atoms with E-state index >= 15 is 0 Å². The lowest BCUT2D eigenvalue weighted by Crippen LogP contribution is -2.25. The maximum Gasteiger partial charge on any atom is 0.140 e. The average Bonchev–Trinajstić information content (AvgIpc) is 2.56. The maximum atomic E-state index is 9.95. The van der Waals surface area contributed by atoms with Crippen LogP contribution in [0, 0.1) is 13.8 Å². The lowest BCUT2D eigenvalue weighted by atomic mass is 10.1. The second kappa shape index (κ2) is 3.84. The molecule has 0 aromatic carbocycles. The molecule has 2 atom stereocenters.